The number of fused-ring (bicyclic) bond motifs is 4. The molecule has 0 radical (unpaired) electrons. The molecule has 0 unspecified atom stereocenters. The molecule has 0 bridgehead atoms. The number of carbonyl (C=O) groups excluding carboxylic acids is 8. The fourth-order valence-corrected chi connectivity index (χ4v) is 9.28. The second-order valence-electron chi connectivity index (χ2n) is 19.2. The van der Waals surface area contributed by atoms with Crippen LogP contribution in [0.1, 0.15) is 108 Å². The van der Waals surface area contributed by atoms with Gasteiger partial charge in [0.25, 0.3) is 0 Å². The minimum absolute atomic E-state index is 0.00266. The van der Waals surface area contributed by atoms with Crippen molar-refractivity contribution in [2.45, 2.75) is 128 Å². The topological polar surface area (TPSA) is 283 Å². The summed E-state index contributed by atoms with van der Waals surface area (Å²) in [6, 6.07) is 17.4. The summed E-state index contributed by atoms with van der Waals surface area (Å²) in [5.41, 5.74) is 17.0. The summed E-state index contributed by atoms with van der Waals surface area (Å²) < 4.78 is 11.2. The number of hydrogen-bond acceptors (Lipinski definition) is 11. The van der Waals surface area contributed by atoms with Crippen molar-refractivity contribution in [3.63, 3.8) is 0 Å². The van der Waals surface area contributed by atoms with Crippen LogP contribution in [0.4, 0.5) is 4.79 Å². The Balaban J connectivity index is 1.16. The van der Waals surface area contributed by atoms with Gasteiger partial charge in [-0.2, -0.15) is 0 Å². The number of nitrogens with one attached hydrogen (secondary N) is 5. The largest absolute Gasteiger partial charge is 0.460 e. The molecule has 1 fully saturated rings. The lowest BCUT2D eigenvalue weighted by Gasteiger charge is -2.31. The summed E-state index contributed by atoms with van der Waals surface area (Å²) in [4.78, 5) is 114. The molecule has 6 rings (SSSR count). The number of primary amides is 1. The Hall–Kier alpha value is -7.57. The van der Waals surface area contributed by atoms with Crippen LogP contribution in [0.3, 0.4) is 0 Å². The summed E-state index contributed by atoms with van der Waals surface area (Å²) in [5.74, 6) is -5.10. The van der Waals surface area contributed by atoms with Crippen LogP contribution in [0.15, 0.2) is 83.9 Å². The zero-order valence-electron chi connectivity index (χ0n) is 41.6. The van der Waals surface area contributed by atoms with E-state index in [1.165, 1.54) is 4.90 Å². The minimum Gasteiger partial charge on any atom is -0.460 e. The zero-order valence-corrected chi connectivity index (χ0v) is 41.6. The van der Waals surface area contributed by atoms with E-state index in [0.717, 1.165) is 39.0 Å². The molecule has 384 valence electrons. The van der Waals surface area contributed by atoms with Gasteiger partial charge in [0.05, 0.1) is 18.8 Å². The Morgan fingerprint density at radius 1 is 0.792 bits per heavy atom. The number of esters is 1. The third kappa shape index (κ3) is 14.3. The van der Waals surface area contributed by atoms with Crippen molar-refractivity contribution in [3.8, 4) is 11.1 Å². The quantitative estimate of drug-likeness (QED) is 0.0332. The molecule has 9 N–H and O–H groups in total. The molecule has 3 aliphatic rings. The Bertz CT molecular complexity index is 2540. The van der Waals surface area contributed by atoms with Gasteiger partial charge in [0.15, 0.2) is 0 Å². The molecule has 7 amide bonds. The summed E-state index contributed by atoms with van der Waals surface area (Å²) in [7, 11) is 0. The maximum absolute atomic E-state index is 14.6. The van der Waals surface area contributed by atoms with Crippen molar-refractivity contribution in [1.29, 1.82) is 0 Å². The van der Waals surface area contributed by atoms with Gasteiger partial charge in [0.1, 0.15) is 42.4 Å². The highest BCUT2D eigenvalue weighted by Crippen LogP contribution is 2.44. The first-order valence-corrected chi connectivity index (χ1v) is 24.5. The fourth-order valence-electron chi connectivity index (χ4n) is 9.28. The van der Waals surface area contributed by atoms with E-state index in [2.05, 4.69) is 31.6 Å². The maximum Gasteiger partial charge on any atom is 0.407 e. The maximum atomic E-state index is 14.6. The van der Waals surface area contributed by atoms with Crippen molar-refractivity contribution in [2.75, 3.05) is 26.2 Å². The van der Waals surface area contributed by atoms with Gasteiger partial charge in [0, 0.05) is 25.4 Å². The van der Waals surface area contributed by atoms with E-state index in [9.17, 15) is 38.4 Å². The Kier molecular flexibility index (Phi) is 18.3. The number of rotatable bonds is 22. The van der Waals surface area contributed by atoms with Crippen LogP contribution in [-0.4, -0.2) is 120 Å². The van der Waals surface area contributed by atoms with Crippen LogP contribution >= 0.6 is 0 Å². The Morgan fingerprint density at radius 3 is 2.08 bits per heavy atom. The number of nitrogens with two attached hydrogens (primary N) is 2. The van der Waals surface area contributed by atoms with E-state index in [1.807, 2.05) is 78.9 Å². The van der Waals surface area contributed by atoms with Crippen LogP contribution < -0.4 is 38.1 Å². The number of alkyl carbamates (subject to hydrolysis) is 1. The standard InChI is InChI=1S/C53H67N9O10/c1-6-40(47(55)65)59-50(68)44-22-14-26-62(44)51(69)43(27-33-24-23-32-15-7-8-16-34(32)33)60-49(67)42(28-46(64)72-53(3,4)5)58-45(63)29-57-48(66)41(21-13-25-56-31(2)54)61-52(70)71-30-39-37-19-11-9-17-35(37)36-18-10-12-20-38(36)39/h7-12,15-20,24,39-44H,6,13-14,21-23,25-30H2,1-5H3,(H2,54,56)(H2,55,65)(H,57,66)(H,58,63)(H,59,68)(H,60,67)(H,61,70)/t40-,41-,42-,43+,44-/m0/s1. The average molecular weight is 990 g/mol. The van der Waals surface area contributed by atoms with E-state index < -0.39 is 96.3 Å². The molecule has 1 saturated heterocycles. The smallest absolute Gasteiger partial charge is 0.407 e. The van der Waals surface area contributed by atoms with E-state index in [4.69, 9.17) is 20.9 Å². The lowest BCUT2D eigenvalue weighted by atomic mass is 9.98. The summed E-state index contributed by atoms with van der Waals surface area (Å²) in [6.45, 7) is 7.99. The van der Waals surface area contributed by atoms with Crippen molar-refractivity contribution >= 4 is 58.9 Å². The molecule has 3 aromatic rings. The summed E-state index contributed by atoms with van der Waals surface area (Å²) >= 11 is 0. The molecule has 1 heterocycles. The number of carbonyl (C=O) groups is 8. The average Bonchev–Trinajstić information content (AvgIpc) is 4.08. The second kappa shape index (κ2) is 24.5. The molecule has 72 heavy (non-hydrogen) atoms. The molecule has 2 aliphatic carbocycles. The van der Waals surface area contributed by atoms with Gasteiger partial charge >= 0.3 is 12.1 Å². The molecular formula is C53H67N9O10. The zero-order chi connectivity index (χ0) is 52.1. The number of aliphatic imine (C=N–C) groups is 1. The predicted octanol–water partition coefficient (Wildman–Crippen LogP) is 3.27. The Labute approximate surface area is 419 Å². The molecular weight excluding hydrogens is 923 g/mol. The normalized spacial score (nSPS) is 16.6. The van der Waals surface area contributed by atoms with E-state index in [-0.39, 0.29) is 44.9 Å². The monoisotopic (exact) mass is 990 g/mol. The third-order valence-corrected chi connectivity index (χ3v) is 12.7. The first kappa shape index (κ1) is 53.8. The Morgan fingerprint density at radius 2 is 1.44 bits per heavy atom. The van der Waals surface area contributed by atoms with Gasteiger partial charge in [-0.15, -0.1) is 0 Å². The number of amides is 7. The molecule has 19 heteroatoms. The lowest BCUT2D eigenvalue weighted by Crippen LogP contribution is -2.58. The van der Waals surface area contributed by atoms with Gasteiger partial charge in [-0.25, -0.2) is 4.79 Å². The number of allylic oxidation sites excluding steroid dienone is 1. The first-order chi connectivity index (χ1) is 34.3. The van der Waals surface area contributed by atoms with Gasteiger partial charge in [-0.05, 0) is 105 Å². The fraction of sp³-hybridized carbons (Fsp3) is 0.453. The molecule has 1 aliphatic heterocycles. The third-order valence-electron chi connectivity index (χ3n) is 12.7. The van der Waals surface area contributed by atoms with Crippen LogP contribution in [-0.2, 0) is 49.5 Å². The van der Waals surface area contributed by atoms with Crippen LogP contribution in [0, 0.1) is 0 Å². The highest BCUT2D eigenvalue weighted by molar-refractivity contribution is 5.98. The van der Waals surface area contributed by atoms with Crippen molar-refractivity contribution in [1.82, 2.24) is 31.5 Å². The van der Waals surface area contributed by atoms with E-state index in [1.54, 1.807) is 34.6 Å². The van der Waals surface area contributed by atoms with Crippen molar-refractivity contribution in [3.05, 3.63) is 101 Å². The molecule has 19 nitrogen and oxygen atoms in total. The first-order valence-electron chi connectivity index (χ1n) is 24.5. The number of nitrogens with zero attached hydrogens (tertiary/aromatic N) is 2. The van der Waals surface area contributed by atoms with Crippen LogP contribution in [0.25, 0.3) is 16.7 Å². The van der Waals surface area contributed by atoms with Crippen molar-refractivity contribution in [2.24, 2.45) is 16.5 Å². The van der Waals surface area contributed by atoms with Gasteiger partial charge in [-0.3, -0.25) is 38.6 Å². The van der Waals surface area contributed by atoms with E-state index >= 15 is 0 Å². The van der Waals surface area contributed by atoms with Gasteiger partial charge < -0.3 is 52.4 Å². The van der Waals surface area contributed by atoms with Crippen molar-refractivity contribution < 1.29 is 47.8 Å². The molecule has 5 atom stereocenters. The SMILES string of the molecule is CC[C@H](NC(=O)[C@@H]1CCCN1C(=O)[C@@H](CC1=CCc2ccccc21)NC(=O)[C@H](CC(=O)OC(C)(C)C)NC(=O)CNC(=O)[C@H](CCCN=C(C)N)NC(=O)OCC1c2ccccc2-c2ccccc21)C(N)=O. The number of amidine groups is 1. The number of likely N-dealkylation sites (tertiary alicyclic amines) is 1. The van der Waals surface area contributed by atoms with Gasteiger partial charge in [0.2, 0.25) is 35.4 Å². The second-order valence-corrected chi connectivity index (χ2v) is 19.2. The number of hydrogen-bond donors (Lipinski definition) is 7. The summed E-state index contributed by atoms with van der Waals surface area (Å²) in [5, 5.41) is 13.1. The minimum atomic E-state index is -1.60. The van der Waals surface area contributed by atoms with E-state index in [0.29, 0.717) is 31.5 Å². The van der Waals surface area contributed by atoms with Crippen LogP contribution in [0.2, 0.25) is 0 Å². The highest BCUT2D eigenvalue weighted by Gasteiger charge is 2.40. The highest BCUT2D eigenvalue weighted by atomic mass is 16.6. The van der Waals surface area contributed by atoms with Gasteiger partial charge in [-0.1, -0.05) is 85.8 Å². The predicted molar refractivity (Wildman–Crippen MR) is 270 cm³/mol. The lowest BCUT2D eigenvalue weighted by molar-refractivity contribution is -0.156. The number of ether oxygens (including phenoxy) is 2. The molecule has 0 aromatic heterocycles. The molecule has 3 aromatic carbocycles. The molecule has 0 spiro atoms. The number of benzene rings is 3. The van der Waals surface area contributed by atoms with Crippen LogP contribution in [0.5, 0.6) is 0 Å². The summed E-state index contributed by atoms with van der Waals surface area (Å²) in [6.07, 6.45) is 2.48. The molecule has 0 saturated carbocycles.